The minimum absolute atomic E-state index is 0.0433. The molecule has 0 aliphatic carbocycles. The molecule has 2 rings (SSSR count). The zero-order chi connectivity index (χ0) is 16.2. The van der Waals surface area contributed by atoms with Gasteiger partial charge in [-0.25, -0.2) is 8.42 Å². The number of hydrogen-bond donors (Lipinski definition) is 1. The van der Waals surface area contributed by atoms with Crippen molar-refractivity contribution in [3.05, 3.63) is 11.9 Å². The van der Waals surface area contributed by atoms with Crippen LogP contribution in [0.3, 0.4) is 0 Å². The number of aromatic nitrogens is 3. The van der Waals surface area contributed by atoms with Crippen LogP contribution in [0.1, 0.15) is 30.8 Å². The standard InChI is InChI=1S/C13H22N4O4S/c1-10(2)3-4-17-8-12(15-16-17)13(18)14-7-11-9-22(19,20)6-5-21-11/h8,10-11H,3-7,9H2,1-2H3,(H,14,18). The van der Waals surface area contributed by atoms with E-state index in [4.69, 9.17) is 4.74 Å². The number of rotatable bonds is 6. The van der Waals surface area contributed by atoms with E-state index in [0.29, 0.717) is 12.5 Å². The molecule has 1 fully saturated rings. The molecule has 9 heteroatoms. The summed E-state index contributed by atoms with van der Waals surface area (Å²) in [6.45, 7) is 5.26. The third-order valence-corrected chi connectivity index (χ3v) is 5.05. The van der Waals surface area contributed by atoms with Crippen LogP contribution in [-0.2, 0) is 21.1 Å². The van der Waals surface area contributed by atoms with Gasteiger partial charge in [0.15, 0.2) is 15.5 Å². The van der Waals surface area contributed by atoms with Gasteiger partial charge in [-0.1, -0.05) is 19.1 Å². The Kier molecular flexibility index (Phi) is 5.52. The van der Waals surface area contributed by atoms with Crippen molar-refractivity contribution in [3.63, 3.8) is 0 Å². The summed E-state index contributed by atoms with van der Waals surface area (Å²) in [7, 11) is -3.06. The van der Waals surface area contributed by atoms with Gasteiger partial charge in [-0.2, -0.15) is 0 Å². The van der Waals surface area contributed by atoms with E-state index in [9.17, 15) is 13.2 Å². The van der Waals surface area contributed by atoms with Gasteiger partial charge < -0.3 is 10.1 Å². The summed E-state index contributed by atoms with van der Waals surface area (Å²) < 4.78 is 29.9. The summed E-state index contributed by atoms with van der Waals surface area (Å²) in [6.07, 6.45) is 2.05. The normalized spacial score (nSPS) is 21.0. The van der Waals surface area contributed by atoms with Gasteiger partial charge in [0.25, 0.3) is 5.91 Å². The maximum atomic E-state index is 12.0. The first-order valence-electron chi connectivity index (χ1n) is 7.36. The SMILES string of the molecule is CC(C)CCn1cc(C(=O)NCC2CS(=O)(=O)CCO2)nn1. The van der Waals surface area contributed by atoms with Crippen LogP contribution in [0.4, 0.5) is 0 Å². The molecule has 124 valence electrons. The summed E-state index contributed by atoms with van der Waals surface area (Å²) in [4.78, 5) is 12.0. The second-order valence-electron chi connectivity index (χ2n) is 5.87. The maximum Gasteiger partial charge on any atom is 0.273 e. The zero-order valence-electron chi connectivity index (χ0n) is 12.9. The Bertz CT molecular complexity index is 611. The Morgan fingerprint density at radius 2 is 2.32 bits per heavy atom. The molecule has 0 spiro atoms. The number of amides is 1. The predicted molar refractivity (Wildman–Crippen MR) is 80.2 cm³/mol. The molecule has 0 saturated carbocycles. The summed E-state index contributed by atoms with van der Waals surface area (Å²) >= 11 is 0. The van der Waals surface area contributed by atoms with Gasteiger partial charge in [0.2, 0.25) is 0 Å². The van der Waals surface area contributed by atoms with Crippen LogP contribution in [0.25, 0.3) is 0 Å². The average Bonchev–Trinajstić information content (AvgIpc) is 2.90. The third-order valence-electron chi connectivity index (χ3n) is 3.38. The second-order valence-corrected chi connectivity index (χ2v) is 8.10. The lowest BCUT2D eigenvalue weighted by Gasteiger charge is -2.22. The van der Waals surface area contributed by atoms with E-state index in [1.54, 1.807) is 10.9 Å². The number of carbonyl (C=O) groups excluding carboxylic acids is 1. The molecule has 1 saturated heterocycles. The highest BCUT2D eigenvalue weighted by Crippen LogP contribution is 2.07. The largest absolute Gasteiger partial charge is 0.374 e. The molecule has 22 heavy (non-hydrogen) atoms. The highest BCUT2D eigenvalue weighted by atomic mass is 32.2. The van der Waals surface area contributed by atoms with Crippen molar-refractivity contribution in [2.24, 2.45) is 5.92 Å². The van der Waals surface area contributed by atoms with Gasteiger partial charge >= 0.3 is 0 Å². The molecular formula is C13H22N4O4S. The Labute approximate surface area is 130 Å². The van der Waals surface area contributed by atoms with Gasteiger partial charge in [0, 0.05) is 13.1 Å². The van der Waals surface area contributed by atoms with E-state index in [1.165, 1.54) is 0 Å². The van der Waals surface area contributed by atoms with E-state index < -0.39 is 15.9 Å². The average molecular weight is 330 g/mol. The van der Waals surface area contributed by atoms with E-state index in [2.05, 4.69) is 29.5 Å². The number of sulfone groups is 1. The topological polar surface area (TPSA) is 103 Å². The predicted octanol–water partition coefficient (Wildman–Crippen LogP) is -0.132. The molecule has 1 aromatic rings. The summed E-state index contributed by atoms with van der Waals surface area (Å²) in [5.74, 6) is 0.157. The Morgan fingerprint density at radius 1 is 1.55 bits per heavy atom. The number of carbonyl (C=O) groups is 1. The molecule has 2 heterocycles. The molecule has 0 radical (unpaired) electrons. The van der Waals surface area contributed by atoms with Crippen LogP contribution in [0, 0.1) is 5.92 Å². The molecule has 1 aromatic heterocycles. The van der Waals surface area contributed by atoms with Crippen LogP contribution in [-0.4, -0.2) is 60.1 Å². The maximum absolute atomic E-state index is 12.0. The van der Waals surface area contributed by atoms with Gasteiger partial charge in [0.05, 0.1) is 30.4 Å². The summed E-state index contributed by atoms with van der Waals surface area (Å²) in [6, 6.07) is 0. The Balaban J connectivity index is 1.82. The van der Waals surface area contributed by atoms with Crippen molar-refractivity contribution in [1.29, 1.82) is 0 Å². The second kappa shape index (κ2) is 7.19. The lowest BCUT2D eigenvalue weighted by atomic mass is 10.1. The van der Waals surface area contributed by atoms with Crippen molar-refractivity contribution in [1.82, 2.24) is 20.3 Å². The van der Waals surface area contributed by atoms with Gasteiger partial charge in [-0.3, -0.25) is 9.48 Å². The van der Waals surface area contributed by atoms with Crippen molar-refractivity contribution in [2.75, 3.05) is 24.7 Å². The lowest BCUT2D eigenvalue weighted by molar-refractivity contribution is 0.0660. The zero-order valence-corrected chi connectivity index (χ0v) is 13.7. The van der Waals surface area contributed by atoms with Gasteiger partial charge in [0.1, 0.15) is 0 Å². The Hall–Kier alpha value is -1.48. The highest BCUT2D eigenvalue weighted by molar-refractivity contribution is 7.91. The van der Waals surface area contributed by atoms with Crippen molar-refractivity contribution in [3.8, 4) is 0 Å². The molecule has 1 aliphatic heterocycles. The van der Waals surface area contributed by atoms with Crippen LogP contribution < -0.4 is 5.32 Å². The van der Waals surface area contributed by atoms with Crippen LogP contribution >= 0.6 is 0 Å². The van der Waals surface area contributed by atoms with Crippen molar-refractivity contribution >= 4 is 15.7 Å². The van der Waals surface area contributed by atoms with E-state index in [0.717, 1.165) is 6.42 Å². The molecular weight excluding hydrogens is 308 g/mol. The van der Waals surface area contributed by atoms with E-state index in [-0.39, 0.29) is 36.3 Å². The van der Waals surface area contributed by atoms with Gasteiger partial charge in [-0.15, -0.1) is 5.10 Å². The minimum atomic E-state index is -3.06. The van der Waals surface area contributed by atoms with E-state index >= 15 is 0 Å². The van der Waals surface area contributed by atoms with Crippen molar-refractivity contribution in [2.45, 2.75) is 32.9 Å². The molecule has 1 aliphatic rings. The number of hydrogen-bond acceptors (Lipinski definition) is 6. The fourth-order valence-corrected chi connectivity index (χ4v) is 3.37. The monoisotopic (exact) mass is 330 g/mol. The molecule has 0 bridgehead atoms. The number of nitrogens with one attached hydrogen (secondary N) is 1. The molecule has 1 unspecified atom stereocenters. The van der Waals surface area contributed by atoms with Crippen molar-refractivity contribution < 1.29 is 17.9 Å². The number of ether oxygens (including phenoxy) is 1. The molecule has 0 aromatic carbocycles. The first-order valence-corrected chi connectivity index (χ1v) is 9.18. The number of aryl methyl sites for hydroxylation is 1. The van der Waals surface area contributed by atoms with Crippen LogP contribution in [0.5, 0.6) is 0 Å². The molecule has 8 nitrogen and oxygen atoms in total. The van der Waals surface area contributed by atoms with Gasteiger partial charge in [-0.05, 0) is 12.3 Å². The third kappa shape index (κ3) is 5.06. The quantitative estimate of drug-likeness (QED) is 0.779. The minimum Gasteiger partial charge on any atom is -0.374 e. The first kappa shape index (κ1) is 16.9. The van der Waals surface area contributed by atoms with Crippen LogP contribution in [0.2, 0.25) is 0 Å². The fourth-order valence-electron chi connectivity index (χ4n) is 2.07. The highest BCUT2D eigenvalue weighted by Gasteiger charge is 2.26. The van der Waals surface area contributed by atoms with Crippen LogP contribution in [0.15, 0.2) is 6.20 Å². The Morgan fingerprint density at radius 3 is 3.00 bits per heavy atom. The molecule has 1 atom stereocenters. The first-order chi connectivity index (χ1) is 10.4. The molecule has 1 amide bonds. The lowest BCUT2D eigenvalue weighted by Crippen LogP contribution is -2.42. The summed E-state index contributed by atoms with van der Waals surface area (Å²) in [5, 5.41) is 10.4. The fraction of sp³-hybridized carbons (Fsp3) is 0.769. The van der Waals surface area contributed by atoms with E-state index in [1.807, 2.05) is 0 Å². The molecule has 1 N–H and O–H groups in total. The summed E-state index contributed by atoms with van der Waals surface area (Å²) in [5.41, 5.74) is 0.224. The number of nitrogens with zero attached hydrogens (tertiary/aromatic N) is 3. The smallest absolute Gasteiger partial charge is 0.273 e.